The number of ether oxygens (including phenoxy) is 1. The van der Waals surface area contributed by atoms with E-state index in [0.29, 0.717) is 25.0 Å². The highest BCUT2D eigenvalue weighted by atomic mass is 16.6. The van der Waals surface area contributed by atoms with E-state index in [0.717, 1.165) is 12.4 Å². The van der Waals surface area contributed by atoms with Crippen LogP contribution in [0.1, 0.15) is 53.4 Å². The highest BCUT2D eigenvalue weighted by Crippen LogP contribution is 2.48. The third-order valence-electron chi connectivity index (χ3n) is 4.07. The van der Waals surface area contributed by atoms with E-state index in [4.69, 9.17) is 4.74 Å². The molecule has 0 bridgehead atoms. The fraction of sp³-hybridized carbons (Fsp3) is 0.875. The molecule has 0 spiro atoms. The molecule has 2 rings (SSSR count). The fourth-order valence-electron chi connectivity index (χ4n) is 2.72. The van der Waals surface area contributed by atoms with Crippen LogP contribution < -0.4 is 5.32 Å². The van der Waals surface area contributed by atoms with E-state index in [1.54, 1.807) is 4.90 Å². The minimum absolute atomic E-state index is 0.244. The lowest BCUT2D eigenvalue weighted by Crippen LogP contribution is -2.48. The molecule has 1 aliphatic carbocycles. The Morgan fingerprint density at radius 2 is 2.14 bits per heavy atom. The fourth-order valence-corrected chi connectivity index (χ4v) is 2.72. The lowest BCUT2D eigenvalue weighted by molar-refractivity contribution is 0.0276. The van der Waals surface area contributed by atoms with Crippen molar-refractivity contribution >= 4 is 11.9 Å². The number of carbonyl (C=O) groups excluding carboxylic acids is 1. The van der Waals surface area contributed by atoms with Crippen molar-refractivity contribution in [2.24, 2.45) is 10.4 Å². The van der Waals surface area contributed by atoms with Crippen LogP contribution in [0.25, 0.3) is 0 Å². The molecule has 2 aliphatic rings. The van der Waals surface area contributed by atoms with E-state index >= 15 is 0 Å². The molecular formula is C16H29N3O2. The quantitative estimate of drug-likeness (QED) is 0.867. The van der Waals surface area contributed by atoms with Gasteiger partial charge in [-0.3, -0.25) is 9.89 Å². The van der Waals surface area contributed by atoms with Crippen molar-refractivity contribution in [3.8, 4) is 0 Å². The minimum atomic E-state index is -0.446. The van der Waals surface area contributed by atoms with Crippen LogP contribution in [0.4, 0.5) is 4.79 Å². The smallest absolute Gasteiger partial charge is 0.410 e. The third-order valence-corrected chi connectivity index (χ3v) is 4.07. The van der Waals surface area contributed by atoms with Gasteiger partial charge in [0, 0.05) is 13.1 Å². The zero-order chi connectivity index (χ0) is 15.5. The number of rotatable bonds is 4. The summed E-state index contributed by atoms with van der Waals surface area (Å²) in [6.07, 6.45) is 4.90. The van der Waals surface area contributed by atoms with Gasteiger partial charge in [0.15, 0.2) is 0 Å². The maximum Gasteiger partial charge on any atom is 0.410 e. The number of aliphatic imine (C=N–C) groups is 1. The van der Waals surface area contributed by atoms with Gasteiger partial charge in [0.25, 0.3) is 0 Å². The first kappa shape index (κ1) is 16.1. The molecule has 1 saturated carbocycles. The van der Waals surface area contributed by atoms with Crippen molar-refractivity contribution in [1.29, 1.82) is 0 Å². The van der Waals surface area contributed by atoms with E-state index in [2.05, 4.69) is 17.2 Å². The third kappa shape index (κ3) is 4.90. The second-order valence-corrected chi connectivity index (χ2v) is 7.33. The highest BCUT2D eigenvalue weighted by molar-refractivity contribution is 5.87. The number of amides is 1. The number of carbonyl (C=O) groups is 1. The van der Waals surface area contributed by atoms with Crippen LogP contribution in [0.3, 0.4) is 0 Å². The summed E-state index contributed by atoms with van der Waals surface area (Å²) in [5.74, 6) is 0.925. The lowest BCUT2D eigenvalue weighted by atomic mass is 10.0. The predicted octanol–water partition coefficient (Wildman–Crippen LogP) is 2.81. The van der Waals surface area contributed by atoms with Crippen molar-refractivity contribution in [2.45, 2.75) is 59.0 Å². The zero-order valence-electron chi connectivity index (χ0n) is 13.9. The average Bonchev–Trinajstić information content (AvgIpc) is 3.16. The summed E-state index contributed by atoms with van der Waals surface area (Å²) in [5, 5.41) is 3.46. The maximum absolute atomic E-state index is 12.1. The molecule has 5 nitrogen and oxygen atoms in total. The van der Waals surface area contributed by atoms with Crippen LogP contribution in [0.5, 0.6) is 0 Å². The molecule has 0 radical (unpaired) electrons. The lowest BCUT2D eigenvalue weighted by Gasteiger charge is -2.30. The molecule has 0 saturated heterocycles. The first-order valence-electron chi connectivity index (χ1n) is 8.09. The molecule has 5 heteroatoms. The monoisotopic (exact) mass is 295 g/mol. The number of hydrogen-bond donors (Lipinski definition) is 1. The Bertz CT molecular complexity index is 408. The Morgan fingerprint density at radius 3 is 2.71 bits per heavy atom. The van der Waals surface area contributed by atoms with E-state index < -0.39 is 5.60 Å². The molecule has 21 heavy (non-hydrogen) atoms. The Morgan fingerprint density at radius 1 is 1.43 bits per heavy atom. The second kappa shape index (κ2) is 6.24. The molecule has 0 aromatic heterocycles. The molecule has 0 aromatic carbocycles. The van der Waals surface area contributed by atoms with Crippen LogP contribution >= 0.6 is 0 Å². The first-order valence-corrected chi connectivity index (χ1v) is 8.09. The van der Waals surface area contributed by atoms with Gasteiger partial charge in [-0.1, -0.05) is 13.3 Å². The summed E-state index contributed by atoms with van der Waals surface area (Å²) >= 11 is 0. The van der Waals surface area contributed by atoms with Gasteiger partial charge in [0.2, 0.25) is 0 Å². The van der Waals surface area contributed by atoms with Gasteiger partial charge in [-0.2, -0.15) is 0 Å². The zero-order valence-corrected chi connectivity index (χ0v) is 13.9. The predicted molar refractivity (Wildman–Crippen MR) is 84.7 cm³/mol. The van der Waals surface area contributed by atoms with Gasteiger partial charge in [-0.05, 0) is 45.4 Å². The molecule has 0 aromatic rings. The van der Waals surface area contributed by atoms with Crippen molar-refractivity contribution < 1.29 is 9.53 Å². The van der Waals surface area contributed by atoms with Crippen molar-refractivity contribution in [2.75, 3.05) is 26.2 Å². The van der Waals surface area contributed by atoms with Crippen molar-refractivity contribution in [3.05, 3.63) is 0 Å². The topological polar surface area (TPSA) is 53.9 Å². The van der Waals surface area contributed by atoms with E-state index in [9.17, 15) is 4.79 Å². The second-order valence-electron chi connectivity index (χ2n) is 7.33. The van der Waals surface area contributed by atoms with Crippen LogP contribution in [-0.2, 0) is 4.74 Å². The Hall–Kier alpha value is -1.26. The average molecular weight is 295 g/mol. The largest absolute Gasteiger partial charge is 0.444 e. The molecule has 120 valence electrons. The number of amidine groups is 1. The van der Waals surface area contributed by atoms with Gasteiger partial charge in [0.05, 0.1) is 13.1 Å². The Balaban J connectivity index is 1.81. The SMILES string of the molecule is CCCC1(CNC2=NCCN(C(=O)OC(C)(C)C)C2)CC1. The molecule has 1 amide bonds. The summed E-state index contributed by atoms with van der Waals surface area (Å²) in [6, 6.07) is 0. The number of nitrogens with zero attached hydrogens (tertiary/aromatic N) is 2. The molecule has 1 N–H and O–H groups in total. The van der Waals surface area contributed by atoms with Gasteiger partial charge in [-0.25, -0.2) is 4.79 Å². The van der Waals surface area contributed by atoms with Crippen LogP contribution in [0.15, 0.2) is 4.99 Å². The van der Waals surface area contributed by atoms with E-state index in [1.165, 1.54) is 25.7 Å². The van der Waals surface area contributed by atoms with Gasteiger partial charge < -0.3 is 10.1 Å². The van der Waals surface area contributed by atoms with Crippen molar-refractivity contribution in [3.63, 3.8) is 0 Å². The molecule has 1 aliphatic heterocycles. The number of nitrogens with one attached hydrogen (secondary N) is 1. The molecular weight excluding hydrogens is 266 g/mol. The number of hydrogen-bond acceptors (Lipinski definition) is 4. The summed E-state index contributed by atoms with van der Waals surface area (Å²) in [7, 11) is 0. The molecule has 0 atom stereocenters. The maximum atomic E-state index is 12.1. The van der Waals surface area contributed by atoms with Gasteiger partial charge >= 0.3 is 6.09 Å². The highest BCUT2D eigenvalue weighted by Gasteiger charge is 2.41. The molecule has 1 fully saturated rings. The van der Waals surface area contributed by atoms with Gasteiger partial charge in [0.1, 0.15) is 11.4 Å². The van der Waals surface area contributed by atoms with Crippen LogP contribution in [-0.4, -0.2) is 48.6 Å². The normalized spacial score (nSPS) is 20.8. The first-order chi connectivity index (χ1) is 9.84. The summed E-state index contributed by atoms with van der Waals surface area (Å²) in [5.41, 5.74) is 0.0456. The van der Waals surface area contributed by atoms with E-state index in [1.807, 2.05) is 20.8 Å². The minimum Gasteiger partial charge on any atom is -0.444 e. The van der Waals surface area contributed by atoms with Crippen LogP contribution in [0.2, 0.25) is 0 Å². The Kier molecular flexibility index (Phi) is 4.79. The summed E-state index contributed by atoms with van der Waals surface area (Å²) in [4.78, 5) is 18.3. The molecule has 1 heterocycles. The summed E-state index contributed by atoms with van der Waals surface area (Å²) < 4.78 is 5.43. The molecule has 0 unspecified atom stereocenters. The summed E-state index contributed by atoms with van der Waals surface area (Å²) in [6.45, 7) is 10.7. The van der Waals surface area contributed by atoms with Crippen LogP contribution in [0, 0.1) is 5.41 Å². The van der Waals surface area contributed by atoms with Gasteiger partial charge in [-0.15, -0.1) is 0 Å². The standard InChI is InChI=1S/C16H29N3O2/c1-5-6-16(7-8-16)12-18-13-11-19(10-9-17-13)14(20)21-15(2,3)4/h5-12H2,1-4H3,(H,17,18). The van der Waals surface area contributed by atoms with E-state index in [-0.39, 0.29) is 6.09 Å². The van der Waals surface area contributed by atoms with Crippen molar-refractivity contribution in [1.82, 2.24) is 10.2 Å². The Labute approximate surface area is 128 Å².